The van der Waals surface area contributed by atoms with E-state index in [4.69, 9.17) is 0 Å². The lowest BCUT2D eigenvalue weighted by atomic mass is 9.90. The lowest BCUT2D eigenvalue weighted by Crippen LogP contribution is -1.98. The highest BCUT2D eigenvalue weighted by Gasteiger charge is 2.23. The van der Waals surface area contributed by atoms with Crippen LogP contribution in [0.4, 0.5) is 0 Å². The van der Waals surface area contributed by atoms with Gasteiger partial charge in [-0.1, -0.05) is 97.1 Å². The number of rotatable bonds is 4. The van der Waals surface area contributed by atoms with Crippen molar-refractivity contribution in [2.45, 2.75) is 0 Å². The minimum Gasteiger partial charge on any atom is -0.309 e. The second-order valence-corrected chi connectivity index (χ2v) is 11.9. The van der Waals surface area contributed by atoms with Gasteiger partial charge in [0.05, 0.1) is 45.3 Å². The topological polar surface area (TPSA) is 57.4 Å². The molecular weight excluding hydrogens is 585 g/mol. The molecule has 0 radical (unpaired) electrons. The van der Waals surface area contributed by atoms with Crippen LogP contribution in [0.3, 0.4) is 0 Å². The molecular formula is C44H26N4. The number of aromatic nitrogens is 2. The van der Waals surface area contributed by atoms with E-state index in [2.05, 4.69) is 137 Å². The molecule has 9 aromatic rings. The first kappa shape index (κ1) is 27.4. The van der Waals surface area contributed by atoms with Crippen LogP contribution in [0.25, 0.3) is 77.2 Å². The molecule has 0 saturated carbocycles. The van der Waals surface area contributed by atoms with Crippen LogP contribution in [0.15, 0.2) is 158 Å². The second kappa shape index (κ2) is 10.9. The van der Waals surface area contributed by atoms with Crippen molar-refractivity contribution in [3.05, 3.63) is 169 Å². The van der Waals surface area contributed by atoms with Crippen molar-refractivity contribution in [2.75, 3.05) is 0 Å². The minimum atomic E-state index is 0.475. The van der Waals surface area contributed by atoms with E-state index < -0.39 is 0 Å². The molecule has 0 aliphatic carbocycles. The van der Waals surface area contributed by atoms with Gasteiger partial charge in [-0.3, -0.25) is 0 Å². The average molecular weight is 611 g/mol. The van der Waals surface area contributed by atoms with Gasteiger partial charge in [0.25, 0.3) is 0 Å². The maximum absolute atomic E-state index is 10.2. The molecule has 0 aliphatic rings. The van der Waals surface area contributed by atoms with E-state index in [0.29, 0.717) is 16.7 Å². The summed E-state index contributed by atoms with van der Waals surface area (Å²) in [4.78, 5) is 0. The number of hydrogen-bond donors (Lipinski definition) is 0. The highest BCUT2D eigenvalue weighted by atomic mass is 15.0. The molecule has 222 valence electrons. The molecule has 2 aromatic heterocycles. The van der Waals surface area contributed by atoms with Gasteiger partial charge in [0.2, 0.25) is 0 Å². The number of para-hydroxylation sites is 4. The third-order valence-electron chi connectivity index (χ3n) is 9.40. The Morgan fingerprint density at radius 1 is 0.417 bits per heavy atom. The predicted molar refractivity (Wildman–Crippen MR) is 195 cm³/mol. The summed E-state index contributed by atoms with van der Waals surface area (Å²) in [6.07, 6.45) is 0. The molecule has 0 amide bonds. The first-order valence-corrected chi connectivity index (χ1v) is 15.9. The van der Waals surface area contributed by atoms with Gasteiger partial charge in [-0.05, 0) is 71.8 Å². The fourth-order valence-electron chi connectivity index (χ4n) is 7.41. The van der Waals surface area contributed by atoms with Crippen molar-refractivity contribution >= 4 is 43.6 Å². The normalized spacial score (nSPS) is 11.3. The maximum Gasteiger partial charge on any atom is 0.0998 e. The first-order valence-electron chi connectivity index (χ1n) is 15.9. The van der Waals surface area contributed by atoms with E-state index in [1.54, 1.807) is 18.2 Å². The molecule has 4 nitrogen and oxygen atoms in total. The van der Waals surface area contributed by atoms with E-state index in [9.17, 15) is 10.5 Å². The zero-order valence-corrected chi connectivity index (χ0v) is 25.8. The van der Waals surface area contributed by atoms with E-state index in [-0.39, 0.29) is 0 Å². The standard InChI is InChI=1S/C44H26N4/c45-27-30-12-11-13-31(28-46)42(30)37-24-23-34(43-36-19-8-10-21-40(36)48(44(37)43)33-16-5-2-6-17-33)29-22-25-41-38(26-29)35-18-7-9-20-39(35)47(41)32-14-3-1-4-15-32/h1-26H. The molecule has 0 spiro atoms. The molecule has 0 N–H and O–H groups in total. The number of benzene rings is 7. The SMILES string of the molecule is N#Cc1cccc(C#N)c1-c1ccc(-c2ccc3c(c2)c2ccccc2n3-c2ccccc2)c2c3ccccc3n(-c3ccccc3)c12. The number of nitriles is 2. The van der Waals surface area contributed by atoms with E-state index in [1.165, 1.54) is 10.8 Å². The summed E-state index contributed by atoms with van der Waals surface area (Å²) in [5.74, 6) is 0. The summed E-state index contributed by atoms with van der Waals surface area (Å²) in [5, 5.41) is 25.0. The largest absolute Gasteiger partial charge is 0.309 e. The van der Waals surface area contributed by atoms with Crippen molar-refractivity contribution in [2.24, 2.45) is 0 Å². The van der Waals surface area contributed by atoms with Crippen molar-refractivity contribution in [3.63, 3.8) is 0 Å². The van der Waals surface area contributed by atoms with Crippen molar-refractivity contribution in [1.82, 2.24) is 9.13 Å². The summed E-state index contributed by atoms with van der Waals surface area (Å²) in [6, 6.07) is 58.9. The van der Waals surface area contributed by atoms with Crippen LogP contribution in [-0.4, -0.2) is 9.13 Å². The quantitative estimate of drug-likeness (QED) is 0.199. The molecule has 0 aliphatic heterocycles. The summed E-state index contributed by atoms with van der Waals surface area (Å²) in [5.41, 5.74) is 11.1. The Morgan fingerprint density at radius 3 is 1.62 bits per heavy atom. The number of nitrogens with zero attached hydrogens (tertiary/aromatic N) is 4. The molecule has 7 aromatic carbocycles. The lowest BCUT2D eigenvalue weighted by Gasteiger charge is -2.15. The molecule has 0 fully saturated rings. The molecule has 0 bridgehead atoms. The summed E-state index contributed by atoms with van der Waals surface area (Å²) >= 11 is 0. The Labute approximate surface area is 277 Å². The van der Waals surface area contributed by atoms with Gasteiger partial charge in [-0.2, -0.15) is 10.5 Å². The summed E-state index contributed by atoms with van der Waals surface area (Å²) in [6.45, 7) is 0. The Balaban J connectivity index is 1.42. The van der Waals surface area contributed by atoms with Gasteiger partial charge in [0.1, 0.15) is 0 Å². The molecule has 4 heteroatoms. The number of hydrogen-bond acceptors (Lipinski definition) is 2. The van der Waals surface area contributed by atoms with Crippen molar-refractivity contribution in [1.29, 1.82) is 10.5 Å². The monoisotopic (exact) mass is 610 g/mol. The van der Waals surface area contributed by atoms with Gasteiger partial charge in [-0.25, -0.2) is 0 Å². The van der Waals surface area contributed by atoms with Gasteiger partial charge in [0, 0.05) is 44.0 Å². The molecule has 0 atom stereocenters. The fourth-order valence-corrected chi connectivity index (χ4v) is 7.41. The third kappa shape index (κ3) is 4.01. The minimum absolute atomic E-state index is 0.475. The Hall–Kier alpha value is -6.88. The van der Waals surface area contributed by atoms with Crippen LogP contribution >= 0.6 is 0 Å². The zero-order valence-electron chi connectivity index (χ0n) is 25.8. The fraction of sp³-hybridized carbons (Fsp3) is 0. The molecule has 2 heterocycles. The van der Waals surface area contributed by atoms with Crippen LogP contribution in [0, 0.1) is 22.7 Å². The van der Waals surface area contributed by atoms with Crippen LogP contribution in [-0.2, 0) is 0 Å². The van der Waals surface area contributed by atoms with Gasteiger partial charge in [0.15, 0.2) is 0 Å². The number of fused-ring (bicyclic) bond motifs is 6. The van der Waals surface area contributed by atoms with E-state index in [1.807, 2.05) is 24.3 Å². The average Bonchev–Trinajstić information content (AvgIpc) is 3.68. The van der Waals surface area contributed by atoms with Gasteiger partial charge in [-0.15, -0.1) is 0 Å². The predicted octanol–water partition coefficient (Wildman–Crippen LogP) is 11.0. The Morgan fingerprint density at radius 2 is 0.958 bits per heavy atom. The van der Waals surface area contributed by atoms with Crippen molar-refractivity contribution < 1.29 is 0 Å². The first-order chi connectivity index (χ1) is 23.8. The van der Waals surface area contributed by atoms with Crippen LogP contribution < -0.4 is 0 Å². The molecule has 0 saturated heterocycles. The summed E-state index contributed by atoms with van der Waals surface area (Å²) < 4.78 is 4.61. The summed E-state index contributed by atoms with van der Waals surface area (Å²) in [7, 11) is 0. The van der Waals surface area contributed by atoms with Gasteiger partial charge < -0.3 is 9.13 Å². The molecule has 48 heavy (non-hydrogen) atoms. The van der Waals surface area contributed by atoms with Crippen molar-refractivity contribution in [3.8, 4) is 45.8 Å². The smallest absolute Gasteiger partial charge is 0.0998 e. The zero-order chi connectivity index (χ0) is 32.2. The Kier molecular flexibility index (Phi) is 6.22. The maximum atomic E-state index is 10.2. The molecule has 0 unspecified atom stereocenters. The molecule has 9 rings (SSSR count). The highest BCUT2D eigenvalue weighted by Crippen LogP contribution is 2.45. The second-order valence-electron chi connectivity index (χ2n) is 11.9. The van der Waals surface area contributed by atoms with Gasteiger partial charge >= 0.3 is 0 Å². The lowest BCUT2D eigenvalue weighted by molar-refractivity contribution is 1.18. The van der Waals surface area contributed by atoms with Crippen LogP contribution in [0.1, 0.15) is 11.1 Å². The van der Waals surface area contributed by atoms with E-state index in [0.717, 1.165) is 60.9 Å². The van der Waals surface area contributed by atoms with E-state index >= 15 is 0 Å². The van der Waals surface area contributed by atoms with Crippen LogP contribution in [0.2, 0.25) is 0 Å². The Bertz CT molecular complexity index is 2760. The third-order valence-corrected chi connectivity index (χ3v) is 9.40. The van der Waals surface area contributed by atoms with Crippen LogP contribution in [0.5, 0.6) is 0 Å². The highest BCUT2D eigenvalue weighted by molar-refractivity contribution is 6.21.